The monoisotopic (exact) mass is 445 g/mol. The smallest absolute Gasteiger partial charge is 0.191 e. The molecule has 0 radical (unpaired) electrons. The van der Waals surface area contributed by atoms with Gasteiger partial charge in [-0.2, -0.15) is 0 Å². The first-order chi connectivity index (χ1) is 15.3. The lowest BCUT2D eigenvalue weighted by Crippen LogP contribution is -2.42. The average Bonchev–Trinajstić information content (AvgIpc) is 3.40. The van der Waals surface area contributed by atoms with Gasteiger partial charge in [0.25, 0.3) is 0 Å². The molecular weight excluding hydrogens is 410 g/mol. The Bertz CT molecular complexity index is 814. The van der Waals surface area contributed by atoms with Crippen molar-refractivity contribution >= 4 is 17.3 Å². The van der Waals surface area contributed by atoms with Gasteiger partial charge in [-0.3, -0.25) is 9.89 Å². The van der Waals surface area contributed by atoms with Crippen molar-refractivity contribution in [1.82, 2.24) is 30.3 Å². The normalized spacial score (nSPS) is 18.9. The molecular formula is C22H35N7OS. The Morgan fingerprint density at radius 1 is 1.19 bits per heavy atom. The van der Waals surface area contributed by atoms with Crippen LogP contribution >= 0.6 is 11.3 Å². The molecule has 4 rings (SSSR count). The zero-order chi connectivity index (χ0) is 21.3. The van der Waals surface area contributed by atoms with E-state index in [9.17, 15) is 0 Å². The summed E-state index contributed by atoms with van der Waals surface area (Å²) in [4.78, 5) is 8.80. The van der Waals surface area contributed by atoms with Gasteiger partial charge in [0.2, 0.25) is 0 Å². The molecule has 0 aliphatic carbocycles. The van der Waals surface area contributed by atoms with Gasteiger partial charge in [0.05, 0.1) is 25.8 Å². The summed E-state index contributed by atoms with van der Waals surface area (Å²) < 4.78 is 7.88. The molecule has 0 spiro atoms. The van der Waals surface area contributed by atoms with Gasteiger partial charge in [-0.25, -0.2) is 0 Å². The summed E-state index contributed by atoms with van der Waals surface area (Å²) in [5.41, 5.74) is 0. The van der Waals surface area contributed by atoms with Crippen LogP contribution in [-0.2, 0) is 24.1 Å². The van der Waals surface area contributed by atoms with Gasteiger partial charge in [-0.1, -0.05) is 12.5 Å². The maximum atomic E-state index is 5.56. The van der Waals surface area contributed by atoms with Crippen molar-refractivity contribution in [3.05, 3.63) is 34.0 Å². The van der Waals surface area contributed by atoms with Crippen LogP contribution < -0.4 is 10.6 Å². The van der Waals surface area contributed by atoms with E-state index in [0.29, 0.717) is 6.04 Å². The standard InChI is InChI=1S/C22H35N7OS/c1-2-23-22(24-10-9-21-27-26-20-8-4-3-5-11-29(20)21)25-17-18(19-7-6-16-31-19)28-12-14-30-15-13-28/h6-7,16,18H,2-5,8-15,17H2,1H3,(H2,23,24,25). The van der Waals surface area contributed by atoms with Gasteiger partial charge in [0.15, 0.2) is 5.96 Å². The summed E-state index contributed by atoms with van der Waals surface area (Å²) in [5, 5.41) is 17.9. The second-order valence-electron chi connectivity index (χ2n) is 8.07. The molecule has 0 aromatic carbocycles. The largest absolute Gasteiger partial charge is 0.379 e. The molecule has 170 valence electrons. The molecule has 2 aromatic heterocycles. The van der Waals surface area contributed by atoms with Crippen LogP contribution in [0, 0.1) is 0 Å². The lowest BCUT2D eigenvalue weighted by Gasteiger charge is -2.33. The minimum Gasteiger partial charge on any atom is -0.379 e. The zero-order valence-corrected chi connectivity index (χ0v) is 19.4. The average molecular weight is 446 g/mol. The molecule has 4 heterocycles. The number of hydrogen-bond acceptors (Lipinski definition) is 6. The number of nitrogens with one attached hydrogen (secondary N) is 2. The highest BCUT2D eigenvalue weighted by Crippen LogP contribution is 2.26. The van der Waals surface area contributed by atoms with Crippen LogP contribution in [0.3, 0.4) is 0 Å². The maximum absolute atomic E-state index is 5.56. The number of aromatic nitrogens is 3. The Morgan fingerprint density at radius 2 is 2.10 bits per heavy atom. The molecule has 0 amide bonds. The third-order valence-electron chi connectivity index (χ3n) is 5.95. The van der Waals surface area contributed by atoms with Crippen LogP contribution in [-0.4, -0.2) is 71.6 Å². The molecule has 2 aliphatic heterocycles. The fraction of sp³-hybridized carbons (Fsp3) is 0.682. The number of ether oxygens (including phenoxy) is 1. The van der Waals surface area contributed by atoms with Crippen molar-refractivity contribution < 1.29 is 4.74 Å². The number of rotatable bonds is 8. The van der Waals surface area contributed by atoms with E-state index < -0.39 is 0 Å². The number of aryl methyl sites for hydroxylation is 1. The van der Waals surface area contributed by atoms with Crippen molar-refractivity contribution in [2.24, 2.45) is 4.99 Å². The van der Waals surface area contributed by atoms with E-state index in [1.54, 1.807) is 0 Å². The van der Waals surface area contributed by atoms with Crippen LogP contribution in [0.4, 0.5) is 0 Å². The van der Waals surface area contributed by atoms with Gasteiger partial charge in [0.1, 0.15) is 11.6 Å². The quantitative estimate of drug-likeness (QED) is 0.479. The van der Waals surface area contributed by atoms with Crippen LogP contribution in [0.1, 0.15) is 48.8 Å². The first kappa shape index (κ1) is 22.2. The van der Waals surface area contributed by atoms with Crippen LogP contribution in [0.2, 0.25) is 0 Å². The number of nitrogens with zero attached hydrogens (tertiary/aromatic N) is 5. The summed E-state index contributed by atoms with van der Waals surface area (Å²) in [6.07, 6.45) is 5.64. The maximum Gasteiger partial charge on any atom is 0.191 e. The number of guanidine groups is 1. The van der Waals surface area contributed by atoms with Crippen molar-refractivity contribution in [2.75, 3.05) is 45.9 Å². The molecule has 9 heteroatoms. The molecule has 1 unspecified atom stereocenters. The van der Waals surface area contributed by atoms with Crippen molar-refractivity contribution in [3.63, 3.8) is 0 Å². The highest BCUT2D eigenvalue weighted by molar-refractivity contribution is 7.10. The van der Waals surface area contributed by atoms with Crippen LogP contribution in [0.5, 0.6) is 0 Å². The van der Waals surface area contributed by atoms with Gasteiger partial charge < -0.3 is 19.9 Å². The molecule has 1 saturated heterocycles. The number of aliphatic imine (C=N–C) groups is 1. The third kappa shape index (κ3) is 6.05. The second-order valence-corrected chi connectivity index (χ2v) is 9.05. The molecule has 8 nitrogen and oxygen atoms in total. The van der Waals surface area contributed by atoms with E-state index in [1.165, 1.54) is 24.1 Å². The molecule has 1 fully saturated rings. The van der Waals surface area contributed by atoms with E-state index in [0.717, 1.165) is 82.9 Å². The van der Waals surface area contributed by atoms with E-state index in [4.69, 9.17) is 9.73 Å². The Hall–Kier alpha value is -1.97. The van der Waals surface area contributed by atoms with Gasteiger partial charge in [-0.15, -0.1) is 21.5 Å². The summed E-state index contributed by atoms with van der Waals surface area (Å²) in [5.74, 6) is 3.11. The van der Waals surface area contributed by atoms with Crippen LogP contribution in [0.25, 0.3) is 0 Å². The fourth-order valence-electron chi connectivity index (χ4n) is 4.30. The summed E-state index contributed by atoms with van der Waals surface area (Å²) >= 11 is 1.81. The van der Waals surface area contributed by atoms with Gasteiger partial charge in [0, 0.05) is 50.4 Å². The highest BCUT2D eigenvalue weighted by Gasteiger charge is 2.23. The number of fused-ring (bicyclic) bond motifs is 1. The molecule has 2 aromatic rings. The van der Waals surface area contributed by atoms with Crippen molar-refractivity contribution in [2.45, 2.75) is 51.6 Å². The van der Waals surface area contributed by atoms with Gasteiger partial charge in [-0.05, 0) is 31.2 Å². The molecule has 0 bridgehead atoms. The second kappa shape index (κ2) is 11.6. The van der Waals surface area contributed by atoms with E-state index in [2.05, 4.69) is 54.7 Å². The molecule has 0 saturated carbocycles. The molecule has 2 N–H and O–H groups in total. The first-order valence-electron chi connectivity index (χ1n) is 11.6. The Morgan fingerprint density at radius 3 is 2.90 bits per heavy atom. The van der Waals surface area contributed by atoms with Crippen LogP contribution in [0.15, 0.2) is 22.5 Å². The summed E-state index contributed by atoms with van der Waals surface area (Å²) in [6, 6.07) is 4.64. The predicted molar refractivity (Wildman–Crippen MR) is 125 cm³/mol. The van der Waals surface area contributed by atoms with Crippen molar-refractivity contribution in [3.8, 4) is 0 Å². The highest BCUT2D eigenvalue weighted by atomic mass is 32.1. The predicted octanol–water partition coefficient (Wildman–Crippen LogP) is 2.24. The Balaban J connectivity index is 1.36. The Kier molecular flexibility index (Phi) is 8.31. The lowest BCUT2D eigenvalue weighted by atomic mass is 10.2. The summed E-state index contributed by atoms with van der Waals surface area (Å²) in [7, 11) is 0. The first-order valence-corrected chi connectivity index (χ1v) is 12.5. The van der Waals surface area contributed by atoms with Gasteiger partial charge >= 0.3 is 0 Å². The zero-order valence-electron chi connectivity index (χ0n) is 18.6. The minimum atomic E-state index is 0.298. The fourth-order valence-corrected chi connectivity index (χ4v) is 5.15. The van der Waals surface area contributed by atoms with E-state index in [-0.39, 0.29) is 0 Å². The van der Waals surface area contributed by atoms with E-state index in [1.807, 2.05) is 11.3 Å². The number of thiophene rings is 1. The number of hydrogen-bond donors (Lipinski definition) is 2. The lowest BCUT2D eigenvalue weighted by molar-refractivity contribution is 0.0186. The minimum absolute atomic E-state index is 0.298. The molecule has 2 aliphatic rings. The third-order valence-corrected chi connectivity index (χ3v) is 6.93. The number of morpholine rings is 1. The molecule has 31 heavy (non-hydrogen) atoms. The SMILES string of the molecule is CCNC(=NCC(c1cccs1)N1CCOCC1)NCCc1nnc2n1CCCCC2. The Labute approximate surface area is 189 Å². The molecule has 1 atom stereocenters. The van der Waals surface area contributed by atoms with E-state index >= 15 is 0 Å². The van der Waals surface area contributed by atoms with Crippen molar-refractivity contribution in [1.29, 1.82) is 0 Å². The summed E-state index contributed by atoms with van der Waals surface area (Å²) in [6.45, 7) is 9.04. The topological polar surface area (TPSA) is 79.6 Å².